The third-order valence-electron chi connectivity index (χ3n) is 2.19. The first-order valence-electron chi connectivity index (χ1n) is 5.90. The normalized spacial score (nSPS) is 13.4. The molecule has 1 atom stereocenters. The second-order valence-corrected chi connectivity index (χ2v) is 5.52. The molecule has 18 heavy (non-hydrogen) atoms. The summed E-state index contributed by atoms with van der Waals surface area (Å²) < 4.78 is 10.3. The van der Waals surface area contributed by atoms with Crippen LogP contribution in [0.25, 0.3) is 0 Å². The predicted molar refractivity (Wildman–Crippen MR) is 67.9 cm³/mol. The van der Waals surface area contributed by atoms with Gasteiger partial charge in [-0.3, -0.25) is 0 Å². The molecule has 102 valence electrons. The Morgan fingerprint density at radius 3 is 2.50 bits per heavy atom. The smallest absolute Gasteiger partial charge is 0.408 e. The van der Waals surface area contributed by atoms with Gasteiger partial charge in [0.2, 0.25) is 0 Å². The minimum atomic E-state index is -0.536. The van der Waals surface area contributed by atoms with Crippen LogP contribution >= 0.6 is 0 Å². The van der Waals surface area contributed by atoms with E-state index in [4.69, 9.17) is 15.0 Å². The summed E-state index contributed by atoms with van der Waals surface area (Å²) in [6.07, 6.45) is -0.490. The number of carbonyl (C=O) groups excluding carboxylic acids is 1. The summed E-state index contributed by atoms with van der Waals surface area (Å²) in [6, 6.07) is 1.28. The number of aromatic nitrogens is 1. The van der Waals surface area contributed by atoms with Crippen LogP contribution in [-0.2, 0) is 4.74 Å². The Morgan fingerprint density at radius 1 is 1.50 bits per heavy atom. The van der Waals surface area contributed by atoms with Crippen LogP contribution in [0.5, 0.6) is 0 Å². The van der Waals surface area contributed by atoms with Crippen molar-refractivity contribution in [3.05, 3.63) is 11.8 Å². The molecule has 0 aliphatic heterocycles. The molecule has 1 aromatic rings. The van der Waals surface area contributed by atoms with Crippen LogP contribution in [0.15, 0.2) is 10.6 Å². The van der Waals surface area contributed by atoms with E-state index in [0.29, 0.717) is 11.6 Å². The van der Waals surface area contributed by atoms with E-state index in [1.54, 1.807) is 6.07 Å². The number of amides is 1. The number of alkyl carbamates (subject to hydrolysis) is 1. The minimum absolute atomic E-state index is 0.130. The number of anilines is 1. The minimum Gasteiger partial charge on any atom is -0.444 e. The van der Waals surface area contributed by atoms with Crippen molar-refractivity contribution >= 4 is 11.9 Å². The van der Waals surface area contributed by atoms with Crippen molar-refractivity contribution in [1.82, 2.24) is 10.5 Å². The molecule has 0 saturated carbocycles. The van der Waals surface area contributed by atoms with Gasteiger partial charge in [-0.2, -0.15) is 0 Å². The molecular formula is C12H21N3O3. The van der Waals surface area contributed by atoms with Crippen molar-refractivity contribution in [3.63, 3.8) is 0 Å². The van der Waals surface area contributed by atoms with Crippen LogP contribution < -0.4 is 11.1 Å². The fraction of sp³-hybridized carbons (Fsp3) is 0.667. The first-order chi connectivity index (χ1) is 8.19. The second-order valence-electron chi connectivity index (χ2n) is 5.52. The molecule has 0 aliphatic rings. The number of hydrogen-bond donors (Lipinski definition) is 2. The standard InChI is InChI=1S/C12H21N3O3/c1-7(2)10(8-6-9(13)15-18-8)14-11(16)17-12(3,4)5/h6-7,10H,1-5H3,(H2,13,15)(H,14,16). The van der Waals surface area contributed by atoms with Crippen molar-refractivity contribution in [1.29, 1.82) is 0 Å². The van der Waals surface area contributed by atoms with Gasteiger partial charge in [0.05, 0.1) is 6.04 Å². The maximum Gasteiger partial charge on any atom is 0.408 e. The largest absolute Gasteiger partial charge is 0.444 e. The summed E-state index contributed by atoms with van der Waals surface area (Å²) in [4.78, 5) is 11.7. The molecule has 0 saturated heterocycles. The van der Waals surface area contributed by atoms with Gasteiger partial charge in [0.25, 0.3) is 0 Å². The van der Waals surface area contributed by atoms with E-state index in [-0.39, 0.29) is 12.0 Å². The lowest BCUT2D eigenvalue weighted by Crippen LogP contribution is -2.36. The Kier molecular flexibility index (Phi) is 4.21. The Balaban J connectivity index is 2.73. The molecule has 0 aliphatic carbocycles. The van der Waals surface area contributed by atoms with Gasteiger partial charge in [-0.05, 0) is 26.7 Å². The van der Waals surface area contributed by atoms with Crippen molar-refractivity contribution in [2.45, 2.75) is 46.3 Å². The van der Waals surface area contributed by atoms with Crippen LogP contribution in [-0.4, -0.2) is 16.9 Å². The van der Waals surface area contributed by atoms with E-state index >= 15 is 0 Å². The molecule has 6 nitrogen and oxygen atoms in total. The quantitative estimate of drug-likeness (QED) is 0.865. The van der Waals surface area contributed by atoms with Crippen LogP contribution in [0.4, 0.5) is 10.6 Å². The SMILES string of the molecule is CC(C)C(NC(=O)OC(C)(C)C)c1cc(N)no1. The molecule has 0 spiro atoms. The summed E-state index contributed by atoms with van der Waals surface area (Å²) in [7, 11) is 0. The molecule has 6 heteroatoms. The second kappa shape index (κ2) is 5.29. The number of hydrogen-bond acceptors (Lipinski definition) is 5. The molecule has 0 radical (unpaired) electrons. The zero-order chi connectivity index (χ0) is 13.9. The summed E-state index contributed by atoms with van der Waals surface area (Å²) >= 11 is 0. The van der Waals surface area contributed by atoms with Gasteiger partial charge in [0.15, 0.2) is 11.6 Å². The van der Waals surface area contributed by atoms with Gasteiger partial charge in [0.1, 0.15) is 5.60 Å². The number of carbonyl (C=O) groups is 1. The molecule has 1 aromatic heterocycles. The molecule has 3 N–H and O–H groups in total. The van der Waals surface area contributed by atoms with Crippen LogP contribution in [0.2, 0.25) is 0 Å². The molecular weight excluding hydrogens is 234 g/mol. The van der Waals surface area contributed by atoms with Crippen molar-refractivity contribution < 1.29 is 14.1 Å². The van der Waals surface area contributed by atoms with Crippen LogP contribution in [0.3, 0.4) is 0 Å². The highest BCUT2D eigenvalue weighted by molar-refractivity contribution is 5.68. The molecule has 0 aromatic carbocycles. The topological polar surface area (TPSA) is 90.4 Å². The average Bonchev–Trinajstić information content (AvgIpc) is 2.57. The van der Waals surface area contributed by atoms with E-state index in [9.17, 15) is 4.79 Å². The van der Waals surface area contributed by atoms with E-state index < -0.39 is 11.7 Å². The Labute approximate surface area is 107 Å². The Morgan fingerprint density at radius 2 is 2.11 bits per heavy atom. The fourth-order valence-electron chi connectivity index (χ4n) is 1.45. The van der Waals surface area contributed by atoms with E-state index in [2.05, 4.69) is 10.5 Å². The number of nitrogen functional groups attached to an aromatic ring is 1. The molecule has 1 amide bonds. The van der Waals surface area contributed by atoms with Crippen LogP contribution in [0.1, 0.15) is 46.4 Å². The van der Waals surface area contributed by atoms with Gasteiger partial charge in [-0.25, -0.2) is 4.79 Å². The lowest BCUT2D eigenvalue weighted by Gasteiger charge is -2.24. The van der Waals surface area contributed by atoms with Crippen LogP contribution in [0, 0.1) is 5.92 Å². The maximum absolute atomic E-state index is 11.7. The number of nitrogens with zero attached hydrogens (tertiary/aromatic N) is 1. The Hall–Kier alpha value is -1.72. The van der Waals surface area contributed by atoms with E-state index in [0.717, 1.165) is 0 Å². The van der Waals surface area contributed by atoms with Gasteiger partial charge >= 0.3 is 6.09 Å². The lowest BCUT2D eigenvalue weighted by molar-refractivity contribution is 0.0479. The summed E-state index contributed by atoms with van der Waals surface area (Å²) in [5.41, 5.74) is 4.96. The third-order valence-corrected chi connectivity index (χ3v) is 2.19. The van der Waals surface area contributed by atoms with Gasteiger partial charge in [0, 0.05) is 6.07 Å². The van der Waals surface area contributed by atoms with E-state index in [1.165, 1.54) is 0 Å². The monoisotopic (exact) mass is 255 g/mol. The highest BCUT2D eigenvalue weighted by Gasteiger charge is 2.25. The number of nitrogens with two attached hydrogens (primary N) is 1. The maximum atomic E-state index is 11.7. The Bertz CT molecular complexity index is 407. The van der Waals surface area contributed by atoms with Gasteiger partial charge < -0.3 is 20.3 Å². The predicted octanol–water partition coefficient (Wildman–Crippen LogP) is 2.48. The first-order valence-corrected chi connectivity index (χ1v) is 5.90. The molecule has 0 bridgehead atoms. The fourth-order valence-corrected chi connectivity index (χ4v) is 1.45. The number of ether oxygens (including phenoxy) is 1. The first kappa shape index (κ1) is 14.3. The number of rotatable bonds is 3. The highest BCUT2D eigenvalue weighted by atomic mass is 16.6. The van der Waals surface area contributed by atoms with Gasteiger partial charge in [-0.15, -0.1) is 0 Å². The third kappa shape index (κ3) is 4.27. The van der Waals surface area contributed by atoms with Gasteiger partial charge in [-0.1, -0.05) is 19.0 Å². The zero-order valence-electron chi connectivity index (χ0n) is 11.5. The highest BCUT2D eigenvalue weighted by Crippen LogP contribution is 2.23. The van der Waals surface area contributed by atoms with Crippen molar-refractivity contribution in [3.8, 4) is 0 Å². The van der Waals surface area contributed by atoms with Crippen molar-refractivity contribution in [2.75, 3.05) is 5.73 Å². The van der Waals surface area contributed by atoms with E-state index in [1.807, 2.05) is 34.6 Å². The number of nitrogens with one attached hydrogen (secondary N) is 1. The molecule has 1 unspecified atom stereocenters. The molecule has 0 fully saturated rings. The average molecular weight is 255 g/mol. The lowest BCUT2D eigenvalue weighted by atomic mass is 10.0. The van der Waals surface area contributed by atoms with Crippen molar-refractivity contribution in [2.24, 2.45) is 5.92 Å². The molecule has 1 rings (SSSR count). The summed E-state index contributed by atoms with van der Waals surface area (Å²) in [5, 5.41) is 6.36. The summed E-state index contributed by atoms with van der Waals surface area (Å²) in [6.45, 7) is 9.34. The zero-order valence-corrected chi connectivity index (χ0v) is 11.5. The summed E-state index contributed by atoms with van der Waals surface area (Å²) in [5.74, 6) is 0.944. The molecule has 1 heterocycles.